The molecule has 1 rings (SSSR count). The Kier molecular flexibility index (Phi) is 6.21. The van der Waals surface area contributed by atoms with Crippen LogP contribution in [0.5, 0.6) is 0 Å². The maximum atomic E-state index is 12.0. The first-order valence-electron chi connectivity index (χ1n) is 5.69. The number of carboxylic acid groups (broad SMARTS) is 1. The molecule has 0 aliphatic heterocycles. The van der Waals surface area contributed by atoms with Crippen molar-refractivity contribution < 1.29 is 14.7 Å². The van der Waals surface area contributed by atoms with E-state index in [4.69, 9.17) is 5.11 Å². The molecule has 0 aromatic carbocycles. The quantitative estimate of drug-likeness (QED) is 0.807. The summed E-state index contributed by atoms with van der Waals surface area (Å²) < 4.78 is 0. The molecule has 2 N–H and O–H groups in total. The molecule has 0 radical (unpaired) electrons. The number of nitrogens with one attached hydrogen (secondary N) is 1. The highest BCUT2D eigenvalue weighted by Crippen LogP contribution is 2.17. The first-order valence-corrected chi connectivity index (χ1v) is 7.96. The predicted octanol–water partition coefficient (Wildman–Crippen LogP) is 2.25. The lowest BCUT2D eigenvalue weighted by molar-refractivity contribution is -0.139. The second kappa shape index (κ2) is 7.43. The second-order valence-corrected chi connectivity index (χ2v) is 5.68. The minimum Gasteiger partial charge on any atom is -0.480 e. The average molecular weight is 287 g/mol. The van der Waals surface area contributed by atoms with Gasteiger partial charge >= 0.3 is 5.97 Å². The number of thiophene rings is 1. The summed E-state index contributed by atoms with van der Waals surface area (Å²) >= 11 is 2.92. The van der Waals surface area contributed by atoms with Gasteiger partial charge in [-0.3, -0.25) is 4.79 Å². The monoisotopic (exact) mass is 287 g/mol. The van der Waals surface area contributed by atoms with Gasteiger partial charge in [0.15, 0.2) is 0 Å². The molecule has 0 aliphatic rings. The standard InChI is InChI=1S/C12H17NO3S2/c1-3-8-4-7-18-10(8)11(14)13-9(12(15)16)5-6-17-2/h4,7,9H,3,5-6H2,1-2H3,(H,13,14)(H,15,16). The molecule has 0 bridgehead atoms. The number of rotatable bonds is 7. The Balaban J connectivity index is 2.69. The van der Waals surface area contributed by atoms with Crippen molar-refractivity contribution in [1.29, 1.82) is 0 Å². The third-order valence-corrected chi connectivity index (χ3v) is 4.15. The molecular formula is C12H17NO3S2. The molecule has 0 spiro atoms. The van der Waals surface area contributed by atoms with Crippen LogP contribution >= 0.6 is 23.1 Å². The van der Waals surface area contributed by atoms with E-state index >= 15 is 0 Å². The molecule has 1 aromatic heterocycles. The number of aryl methyl sites for hydroxylation is 1. The largest absolute Gasteiger partial charge is 0.480 e. The van der Waals surface area contributed by atoms with Gasteiger partial charge in [-0.2, -0.15) is 11.8 Å². The van der Waals surface area contributed by atoms with Crippen LogP contribution in [0.25, 0.3) is 0 Å². The average Bonchev–Trinajstić information content (AvgIpc) is 2.82. The third-order valence-electron chi connectivity index (χ3n) is 2.55. The van der Waals surface area contributed by atoms with Crippen molar-refractivity contribution in [2.24, 2.45) is 0 Å². The fourth-order valence-electron chi connectivity index (χ4n) is 1.53. The van der Waals surface area contributed by atoms with Gasteiger partial charge in [0.25, 0.3) is 5.91 Å². The third kappa shape index (κ3) is 4.03. The molecule has 18 heavy (non-hydrogen) atoms. The summed E-state index contributed by atoms with van der Waals surface area (Å²) in [5.74, 6) is -0.551. The predicted molar refractivity (Wildman–Crippen MR) is 75.6 cm³/mol. The highest BCUT2D eigenvalue weighted by molar-refractivity contribution is 7.98. The van der Waals surface area contributed by atoms with Crippen LogP contribution in [0, 0.1) is 0 Å². The van der Waals surface area contributed by atoms with E-state index < -0.39 is 12.0 Å². The topological polar surface area (TPSA) is 66.4 Å². The Bertz CT molecular complexity index is 417. The number of thioether (sulfide) groups is 1. The summed E-state index contributed by atoms with van der Waals surface area (Å²) in [7, 11) is 0. The van der Waals surface area contributed by atoms with E-state index in [1.54, 1.807) is 11.8 Å². The number of carboxylic acids is 1. The van der Waals surface area contributed by atoms with E-state index in [0.29, 0.717) is 17.1 Å². The Morgan fingerprint density at radius 2 is 2.28 bits per heavy atom. The number of hydrogen-bond acceptors (Lipinski definition) is 4. The molecule has 0 saturated heterocycles. The number of amides is 1. The van der Waals surface area contributed by atoms with Gasteiger partial charge in [-0.15, -0.1) is 11.3 Å². The zero-order valence-electron chi connectivity index (χ0n) is 10.4. The minimum atomic E-state index is -0.980. The lowest BCUT2D eigenvalue weighted by atomic mass is 10.2. The van der Waals surface area contributed by atoms with Gasteiger partial charge in [-0.25, -0.2) is 4.79 Å². The summed E-state index contributed by atoms with van der Waals surface area (Å²) in [6.07, 6.45) is 3.12. The maximum absolute atomic E-state index is 12.0. The van der Waals surface area contributed by atoms with E-state index in [1.807, 2.05) is 24.6 Å². The molecule has 6 heteroatoms. The normalized spacial score (nSPS) is 12.1. The Labute approximate surface area is 115 Å². The first-order chi connectivity index (χ1) is 8.60. The lowest BCUT2D eigenvalue weighted by Gasteiger charge is -2.13. The minimum absolute atomic E-state index is 0.282. The molecular weight excluding hydrogens is 270 g/mol. The van der Waals surface area contributed by atoms with Crippen LogP contribution in [0.15, 0.2) is 11.4 Å². The molecule has 0 fully saturated rings. The van der Waals surface area contributed by atoms with Crippen molar-refractivity contribution in [2.45, 2.75) is 25.8 Å². The van der Waals surface area contributed by atoms with Gasteiger partial charge in [0.2, 0.25) is 0 Å². The molecule has 100 valence electrons. The van der Waals surface area contributed by atoms with Crippen molar-refractivity contribution in [3.63, 3.8) is 0 Å². The van der Waals surface area contributed by atoms with Crippen molar-refractivity contribution in [3.05, 3.63) is 21.9 Å². The summed E-state index contributed by atoms with van der Waals surface area (Å²) in [6, 6.07) is 1.09. The maximum Gasteiger partial charge on any atom is 0.326 e. The highest BCUT2D eigenvalue weighted by Gasteiger charge is 2.21. The van der Waals surface area contributed by atoms with Crippen molar-refractivity contribution in [2.75, 3.05) is 12.0 Å². The number of hydrogen-bond donors (Lipinski definition) is 2. The van der Waals surface area contributed by atoms with Crippen LogP contribution in [0.1, 0.15) is 28.6 Å². The van der Waals surface area contributed by atoms with Crippen LogP contribution in [-0.2, 0) is 11.2 Å². The number of aliphatic carboxylic acids is 1. The summed E-state index contributed by atoms with van der Waals surface area (Å²) in [5, 5.41) is 13.5. The van der Waals surface area contributed by atoms with Crippen LogP contribution in [0.2, 0.25) is 0 Å². The van der Waals surface area contributed by atoms with Gasteiger partial charge < -0.3 is 10.4 Å². The van der Waals surface area contributed by atoms with Crippen molar-refractivity contribution in [1.82, 2.24) is 5.32 Å². The summed E-state index contributed by atoms with van der Waals surface area (Å²) in [4.78, 5) is 23.7. The summed E-state index contributed by atoms with van der Waals surface area (Å²) in [6.45, 7) is 1.97. The molecule has 1 unspecified atom stereocenters. The molecule has 4 nitrogen and oxygen atoms in total. The summed E-state index contributed by atoms with van der Waals surface area (Å²) in [5.41, 5.74) is 0.964. The van der Waals surface area contributed by atoms with Gasteiger partial charge in [0.05, 0.1) is 4.88 Å². The van der Waals surface area contributed by atoms with Gasteiger partial charge in [0.1, 0.15) is 6.04 Å². The Morgan fingerprint density at radius 1 is 1.56 bits per heavy atom. The van der Waals surface area contributed by atoms with Crippen LogP contribution in [0.4, 0.5) is 0 Å². The van der Waals surface area contributed by atoms with Crippen molar-refractivity contribution >= 4 is 35.0 Å². The zero-order chi connectivity index (χ0) is 13.5. The van der Waals surface area contributed by atoms with Crippen LogP contribution in [-0.4, -0.2) is 35.0 Å². The molecule has 1 heterocycles. The van der Waals surface area contributed by atoms with Crippen LogP contribution in [0.3, 0.4) is 0 Å². The lowest BCUT2D eigenvalue weighted by Crippen LogP contribution is -2.41. The van der Waals surface area contributed by atoms with Crippen LogP contribution < -0.4 is 5.32 Å². The second-order valence-electron chi connectivity index (χ2n) is 3.77. The van der Waals surface area contributed by atoms with Gasteiger partial charge in [-0.05, 0) is 41.9 Å². The first kappa shape index (κ1) is 15.0. The van der Waals surface area contributed by atoms with Gasteiger partial charge in [0, 0.05) is 0 Å². The van der Waals surface area contributed by atoms with E-state index in [1.165, 1.54) is 11.3 Å². The number of carbonyl (C=O) groups is 2. The smallest absolute Gasteiger partial charge is 0.326 e. The fraction of sp³-hybridized carbons (Fsp3) is 0.500. The number of carbonyl (C=O) groups excluding carboxylic acids is 1. The molecule has 1 amide bonds. The Hall–Kier alpha value is -1.01. The molecule has 0 saturated carbocycles. The SMILES string of the molecule is CCc1ccsc1C(=O)NC(CCSC)C(=O)O. The van der Waals surface area contributed by atoms with E-state index in [-0.39, 0.29) is 5.91 Å². The van der Waals surface area contributed by atoms with E-state index in [9.17, 15) is 9.59 Å². The molecule has 1 aromatic rings. The van der Waals surface area contributed by atoms with Crippen molar-refractivity contribution in [3.8, 4) is 0 Å². The molecule has 0 aliphatic carbocycles. The highest BCUT2D eigenvalue weighted by atomic mass is 32.2. The Morgan fingerprint density at radius 3 is 2.83 bits per heavy atom. The molecule has 1 atom stereocenters. The van der Waals surface area contributed by atoms with E-state index in [2.05, 4.69) is 5.32 Å². The van der Waals surface area contributed by atoms with E-state index in [0.717, 1.165) is 12.0 Å². The zero-order valence-corrected chi connectivity index (χ0v) is 12.1. The fourth-order valence-corrected chi connectivity index (χ4v) is 2.90. The van der Waals surface area contributed by atoms with Gasteiger partial charge in [-0.1, -0.05) is 6.92 Å².